The first-order chi connectivity index (χ1) is 12.0. The lowest BCUT2D eigenvalue weighted by Gasteiger charge is -2.12. The molecule has 10 nitrogen and oxygen atoms in total. The van der Waals surface area contributed by atoms with Gasteiger partial charge in [0, 0.05) is 24.5 Å². The quantitative estimate of drug-likeness (QED) is 0.540. The molecular formula is C15H16N4O6. The van der Waals surface area contributed by atoms with Crippen LogP contribution in [0, 0.1) is 0 Å². The first-order valence-corrected chi connectivity index (χ1v) is 7.87. The van der Waals surface area contributed by atoms with E-state index in [1.807, 2.05) is 0 Å². The van der Waals surface area contributed by atoms with Gasteiger partial charge in [-0.05, 0) is 0 Å². The van der Waals surface area contributed by atoms with E-state index in [9.17, 15) is 19.2 Å². The number of nitrogens with zero attached hydrogens (tertiary/aromatic N) is 4. The molecule has 0 radical (unpaired) electrons. The highest BCUT2D eigenvalue weighted by atomic mass is 16.6. The second-order valence-corrected chi connectivity index (χ2v) is 6.09. The summed E-state index contributed by atoms with van der Waals surface area (Å²) in [5, 5.41) is 0. The van der Waals surface area contributed by atoms with Crippen molar-refractivity contribution in [2.45, 2.75) is 32.0 Å². The van der Waals surface area contributed by atoms with E-state index >= 15 is 0 Å². The van der Waals surface area contributed by atoms with Crippen LogP contribution in [0.5, 0.6) is 0 Å². The number of ether oxygens (including phenoxy) is 2. The molecule has 25 heavy (non-hydrogen) atoms. The molecule has 0 saturated carbocycles. The zero-order chi connectivity index (χ0) is 17.6. The summed E-state index contributed by atoms with van der Waals surface area (Å²) in [5.74, 6) is 0. The fourth-order valence-electron chi connectivity index (χ4n) is 2.58. The summed E-state index contributed by atoms with van der Waals surface area (Å²) >= 11 is 0. The van der Waals surface area contributed by atoms with Crippen LogP contribution in [0.4, 0.5) is 0 Å². The van der Waals surface area contributed by atoms with E-state index in [4.69, 9.17) is 9.47 Å². The molecule has 2 aromatic heterocycles. The first-order valence-electron chi connectivity index (χ1n) is 7.87. The van der Waals surface area contributed by atoms with Crippen molar-refractivity contribution in [3.63, 3.8) is 0 Å². The van der Waals surface area contributed by atoms with Gasteiger partial charge in [-0.3, -0.25) is 27.9 Å². The van der Waals surface area contributed by atoms with Gasteiger partial charge in [0.15, 0.2) is 0 Å². The van der Waals surface area contributed by atoms with Crippen LogP contribution in [-0.4, -0.2) is 43.7 Å². The predicted molar refractivity (Wildman–Crippen MR) is 84.8 cm³/mol. The van der Waals surface area contributed by atoms with E-state index in [-0.39, 0.29) is 32.0 Å². The second kappa shape index (κ2) is 5.97. The SMILES string of the molecule is O=c1ccn(Cn2ccc(=O)n(CC3CO3)c2=O)c(=O)n1CC1CO1. The summed E-state index contributed by atoms with van der Waals surface area (Å²) in [6.07, 6.45) is 2.43. The molecule has 2 aromatic rings. The van der Waals surface area contributed by atoms with Gasteiger partial charge < -0.3 is 9.47 Å². The van der Waals surface area contributed by atoms with Gasteiger partial charge in [0.1, 0.15) is 6.67 Å². The molecule has 2 fully saturated rings. The molecule has 2 aliphatic heterocycles. The minimum Gasteiger partial charge on any atom is -0.371 e. The van der Waals surface area contributed by atoms with Crippen LogP contribution in [0.3, 0.4) is 0 Å². The molecule has 2 saturated heterocycles. The highest BCUT2D eigenvalue weighted by molar-refractivity contribution is 4.91. The van der Waals surface area contributed by atoms with Crippen LogP contribution >= 0.6 is 0 Å². The number of rotatable bonds is 6. The standard InChI is InChI=1S/C15H16N4O6/c20-12-1-3-16(14(22)18(12)5-10-7-24-10)9-17-4-2-13(21)19(15(17)23)6-11-8-25-11/h1-4,10-11H,5-9H2. The molecule has 2 unspecified atom stereocenters. The minimum absolute atomic E-state index is 0.102. The Morgan fingerprint density at radius 1 is 0.800 bits per heavy atom. The van der Waals surface area contributed by atoms with Crippen molar-refractivity contribution in [2.75, 3.05) is 13.2 Å². The van der Waals surface area contributed by atoms with Gasteiger partial charge in [-0.1, -0.05) is 0 Å². The molecule has 4 rings (SSSR count). The minimum atomic E-state index is -0.529. The van der Waals surface area contributed by atoms with Gasteiger partial charge in [0.25, 0.3) is 11.1 Å². The van der Waals surface area contributed by atoms with Crippen LogP contribution in [0.25, 0.3) is 0 Å². The maximum atomic E-state index is 12.5. The average molecular weight is 348 g/mol. The Morgan fingerprint density at radius 3 is 1.56 bits per heavy atom. The van der Waals surface area contributed by atoms with Crippen LogP contribution in [0.15, 0.2) is 43.7 Å². The Labute approximate surface area is 140 Å². The Hall–Kier alpha value is -2.72. The summed E-state index contributed by atoms with van der Waals surface area (Å²) in [7, 11) is 0. The monoisotopic (exact) mass is 348 g/mol. The molecule has 2 aliphatic rings. The van der Waals surface area contributed by atoms with Crippen molar-refractivity contribution in [1.82, 2.24) is 18.3 Å². The lowest BCUT2D eigenvalue weighted by Crippen LogP contribution is -2.45. The Balaban J connectivity index is 1.68. The Kier molecular flexibility index (Phi) is 3.77. The smallest absolute Gasteiger partial charge is 0.332 e. The third kappa shape index (κ3) is 3.26. The zero-order valence-corrected chi connectivity index (χ0v) is 13.2. The van der Waals surface area contributed by atoms with Crippen molar-refractivity contribution >= 4 is 0 Å². The molecule has 4 heterocycles. The van der Waals surface area contributed by atoms with Crippen molar-refractivity contribution in [3.8, 4) is 0 Å². The molecule has 0 bridgehead atoms. The highest BCUT2D eigenvalue weighted by Crippen LogP contribution is 2.09. The molecule has 2 atom stereocenters. The van der Waals surface area contributed by atoms with Crippen LogP contribution in [0.2, 0.25) is 0 Å². The number of hydrogen-bond acceptors (Lipinski definition) is 6. The van der Waals surface area contributed by atoms with Gasteiger partial charge in [-0.2, -0.15) is 0 Å². The summed E-state index contributed by atoms with van der Waals surface area (Å²) in [4.78, 5) is 48.7. The Morgan fingerprint density at radius 2 is 1.20 bits per heavy atom. The summed E-state index contributed by atoms with van der Waals surface area (Å²) in [5.41, 5.74) is -1.89. The van der Waals surface area contributed by atoms with Gasteiger partial charge in [0.2, 0.25) is 0 Å². The van der Waals surface area contributed by atoms with Gasteiger partial charge in [-0.25, -0.2) is 9.59 Å². The highest BCUT2D eigenvalue weighted by Gasteiger charge is 2.25. The second-order valence-electron chi connectivity index (χ2n) is 6.09. The maximum Gasteiger partial charge on any atom is 0.332 e. The van der Waals surface area contributed by atoms with E-state index in [2.05, 4.69) is 0 Å². The van der Waals surface area contributed by atoms with E-state index in [0.717, 1.165) is 9.13 Å². The van der Waals surface area contributed by atoms with Crippen LogP contribution in [-0.2, 0) is 29.2 Å². The third-order valence-corrected chi connectivity index (χ3v) is 4.16. The zero-order valence-electron chi connectivity index (χ0n) is 13.2. The molecule has 0 aliphatic carbocycles. The Bertz CT molecular complexity index is 954. The van der Waals surface area contributed by atoms with Gasteiger partial charge >= 0.3 is 11.4 Å². The molecule has 0 amide bonds. The lowest BCUT2D eigenvalue weighted by molar-refractivity contribution is 0.366. The molecule has 0 aromatic carbocycles. The average Bonchev–Trinajstić information content (AvgIpc) is 3.48. The summed E-state index contributed by atoms with van der Waals surface area (Å²) in [6.45, 7) is 1.32. The normalized spacial score (nSPS) is 21.3. The van der Waals surface area contributed by atoms with E-state index in [1.54, 1.807) is 0 Å². The first kappa shape index (κ1) is 15.8. The maximum absolute atomic E-state index is 12.5. The van der Waals surface area contributed by atoms with Crippen LogP contribution < -0.4 is 22.5 Å². The number of aromatic nitrogens is 4. The molecular weight excluding hydrogens is 332 g/mol. The summed E-state index contributed by atoms with van der Waals surface area (Å²) in [6, 6.07) is 2.53. The fraction of sp³-hybridized carbons (Fsp3) is 0.467. The number of hydrogen-bond donors (Lipinski definition) is 0. The molecule has 132 valence electrons. The van der Waals surface area contributed by atoms with Crippen molar-refractivity contribution in [2.24, 2.45) is 0 Å². The van der Waals surface area contributed by atoms with Crippen molar-refractivity contribution < 1.29 is 9.47 Å². The molecule has 0 spiro atoms. The molecule has 10 heteroatoms. The molecule has 0 N–H and O–H groups in total. The fourth-order valence-corrected chi connectivity index (χ4v) is 2.58. The lowest BCUT2D eigenvalue weighted by atomic mass is 10.4. The van der Waals surface area contributed by atoms with E-state index in [1.165, 1.54) is 33.7 Å². The van der Waals surface area contributed by atoms with Crippen LogP contribution in [0.1, 0.15) is 0 Å². The van der Waals surface area contributed by atoms with Crippen molar-refractivity contribution in [3.05, 3.63) is 66.2 Å². The number of epoxide rings is 2. The largest absolute Gasteiger partial charge is 0.371 e. The van der Waals surface area contributed by atoms with Crippen molar-refractivity contribution in [1.29, 1.82) is 0 Å². The van der Waals surface area contributed by atoms with Gasteiger partial charge in [-0.15, -0.1) is 0 Å². The van der Waals surface area contributed by atoms with E-state index in [0.29, 0.717) is 13.2 Å². The topological polar surface area (TPSA) is 113 Å². The van der Waals surface area contributed by atoms with Gasteiger partial charge in [0.05, 0.1) is 38.5 Å². The summed E-state index contributed by atoms with van der Waals surface area (Å²) < 4.78 is 14.8. The van der Waals surface area contributed by atoms with E-state index < -0.39 is 22.5 Å². The predicted octanol–water partition coefficient (Wildman–Crippen LogP) is -2.36. The third-order valence-electron chi connectivity index (χ3n) is 4.16.